The molecule has 0 saturated carbocycles. The molecular weight excluding hydrogens is 376 g/mol. The van der Waals surface area contributed by atoms with Crippen LogP contribution in [0.5, 0.6) is 5.75 Å². The number of hydrogen-bond donors (Lipinski definition) is 0. The molecule has 1 atom stereocenters. The molecule has 140 valence electrons. The molecule has 1 aliphatic rings. The minimum atomic E-state index is -3.80. The Kier molecular flexibility index (Phi) is 5.05. The maximum absolute atomic E-state index is 13.0. The molecule has 3 rings (SSSR count). The number of hydrogen-bond acceptors (Lipinski definition) is 6. The van der Waals surface area contributed by atoms with Crippen LogP contribution in [0.1, 0.15) is 12.0 Å². The van der Waals surface area contributed by atoms with Crippen molar-refractivity contribution in [3.63, 3.8) is 0 Å². The van der Waals surface area contributed by atoms with E-state index in [1.165, 1.54) is 22.5 Å². The quantitative estimate of drug-likeness (QED) is 0.763. The highest BCUT2D eigenvalue weighted by molar-refractivity contribution is 7.91. The van der Waals surface area contributed by atoms with Crippen LogP contribution in [0.2, 0.25) is 0 Å². The van der Waals surface area contributed by atoms with Crippen LogP contribution < -0.4 is 4.74 Å². The van der Waals surface area contributed by atoms with E-state index in [-0.39, 0.29) is 22.4 Å². The van der Waals surface area contributed by atoms with Gasteiger partial charge in [0.2, 0.25) is 10.0 Å². The van der Waals surface area contributed by atoms with Crippen molar-refractivity contribution in [1.82, 2.24) is 9.29 Å². The van der Waals surface area contributed by atoms with Gasteiger partial charge in [0.15, 0.2) is 9.84 Å². The summed E-state index contributed by atoms with van der Waals surface area (Å²) in [6, 6.07) is 7.68. The minimum absolute atomic E-state index is 0.0102. The van der Waals surface area contributed by atoms with Gasteiger partial charge in [-0.3, -0.25) is 4.98 Å². The summed E-state index contributed by atoms with van der Waals surface area (Å²) in [5.74, 6) is 0.590. The van der Waals surface area contributed by atoms with Crippen LogP contribution in [0.3, 0.4) is 0 Å². The van der Waals surface area contributed by atoms with Gasteiger partial charge in [-0.05, 0) is 43.2 Å². The van der Waals surface area contributed by atoms with Crippen LogP contribution in [0.15, 0.2) is 52.5 Å². The Bertz CT molecular complexity index is 1000. The third kappa shape index (κ3) is 3.89. The molecular formula is C17H20N2O5S2. The fourth-order valence-corrected chi connectivity index (χ4v) is 5.31. The van der Waals surface area contributed by atoms with E-state index in [0.717, 1.165) is 6.26 Å². The summed E-state index contributed by atoms with van der Waals surface area (Å²) in [7, 11) is -7.30. The van der Waals surface area contributed by atoms with Gasteiger partial charge in [0, 0.05) is 19.0 Å². The monoisotopic (exact) mass is 396 g/mol. The van der Waals surface area contributed by atoms with E-state index in [1.54, 1.807) is 31.5 Å². The normalized spacial score (nSPS) is 18.8. The van der Waals surface area contributed by atoms with Crippen LogP contribution in [0.4, 0.5) is 0 Å². The zero-order valence-corrected chi connectivity index (χ0v) is 16.1. The number of pyridine rings is 1. The SMILES string of the molecule is Cc1ccc(S(C)(=O)=O)cc1S(=O)(=O)N1CC[C@@H](Oc2cccnc2)C1. The van der Waals surface area contributed by atoms with Crippen LogP contribution in [0.25, 0.3) is 0 Å². The van der Waals surface area contributed by atoms with Gasteiger partial charge in [-0.15, -0.1) is 0 Å². The third-order valence-electron chi connectivity index (χ3n) is 4.25. The fourth-order valence-electron chi connectivity index (χ4n) is 2.85. The molecule has 0 spiro atoms. The number of aryl methyl sites for hydroxylation is 1. The molecule has 1 aliphatic heterocycles. The van der Waals surface area contributed by atoms with Gasteiger partial charge in [0.25, 0.3) is 0 Å². The predicted molar refractivity (Wildman–Crippen MR) is 96.3 cm³/mol. The highest BCUT2D eigenvalue weighted by Crippen LogP contribution is 2.27. The Morgan fingerprint density at radius 2 is 1.96 bits per heavy atom. The van der Waals surface area contributed by atoms with Crippen molar-refractivity contribution < 1.29 is 21.6 Å². The standard InChI is InChI=1S/C17H20N2O5S2/c1-13-5-6-16(25(2,20)21)10-17(13)26(22,23)19-9-7-15(12-19)24-14-4-3-8-18-11-14/h3-6,8,10-11,15H,7,9,12H2,1-2H3/t15-/m1/s1. The molecule has 0 N–H and O–H groups in total. The van der Waals surface area contributed by atoms with Gasteiger partial charge in [-0.25, -0.2) is 16.8 Å². The zero-order valence-electron chi connectivity index (χ0n) is 14.5. The van der Waals surface area contributed by atoms with Crippen molar-refractivity contribution in [2.24, 2.45) is 0 Å². The smallest absolute Gasteiger partial charge is 0.243 e. The molecule has 2 heterocycles. The minimum Gasteiger partial charge on any atom is -0.487 e. The topological polar surface area (TPSA) is 93.6 Å². The van der Waals surface area contributed by atoms with E-state index in [1.807, 2.05) is 0 Å². The Labute approximate surface area is 153 Å². The summed E-state index contributed by atoms with van der Waals surface area (Å²) in [6.45, 7) is 2.17. The summed E-state index contributed by atoms with van der Waals surface area (Å²) in [5, 5.41) is 0. The van der Waals surface area contributed by atoms with Crippen LogP contribution in [-0.4, -0.2) is 51.6 Å². The average molecular weight is 396 g/mol. The van der Waals surface area contributed by atoms with E-state index in [9.17, 15) is 16.8 Å². The predicted octanol–water partition coefficient (Wildman–Crippen LogP) is 1.64. The van der Waals surface area contributed by atoms with Gasteiger partial charge >= 0.3 is 0 Å². The van der Waals surface area contributed by atoms with E-state index in [2.05, 4.69) is 4.98 Å². The summed E-state index contributed by atoms with van der Waals surface area (Å²) < 4.78 is 56.6. The number of ether oxygens (including phenoxy) is 1. The Morgan fingerprint density at radius 1 is 1.19 bits per heavy atom. The summed E-state index contributed by atoms with van der Waals surface area (Å²) in [6.07, 6.45) is 4.56. The molecule has 0 radical (unpaired) electrons. The molecule has 0 amide bonds. The number of rotatable bonds is 5. The summed E-state index contributed by atoms with van der Waals surface area (Å²) >= 11 is 0. The third-order valence-corrected chi connectivity index (χ3v) is 7.37. The van der Waals surface area contributed by atoms with Crippen molar-refractivity contribution in [2.75, 3.05) is 19.3 Å². The lowest BCUT2D eigenvalue weighted by Crippen LogP contribution is -2.31. The molecule has 0 unspecified atom stereocenters. The first-order valence-corrected chi connectivity index (χ1v) is 11.4. The maximum atomic E-state index is 13.0. The van der Waals surface area contributed by atoms with Crippen LogP contribution in [0, 0.1) is 6.92 Å². The molecule has 26 heavy (non-hydrogen) atoms. The van der Waals surface area contributed by atoms with Crippen molar-refractivity contribution >= 4 is 19.9 Å². The first kappa shape index (κ1) is 18.8. The van der Waals surface area contributed by atoms with E-state index in [0.29, 0.717) is 24.3 Å². The van der Waals surface area contributed by atoms with Crippen LogP contribution >= 0.6 is 0 Å². The Morgan fingerprint density at radius 3 is 2.62 bits per heavy atom. The zero-order chi connectivity index (χ0) is 18.9. The lowest BCUT2D eigenvalue weighted by molar-refractivity contribution is 0.214. The lowest BCUT2D eigenvalue weighted by atomic mass is 10.2. The summed E-state index contributed by atoms with van der Waals surface area (Å²) in [5.41, 5.74) is 0.508. The van der Waals surface area contributed by atoms with Crippen molar-refractivity contribution in [3.05, 3.63) is 48.3 Å². The van der Waals surface area contributed by atoms with Gasteiger partial charge in [-0.1, -0.05) is 6.07 Å². The first-order valence-electron chi connectivity index (χ1n) is 8.05. The van der Waals surface area contributed by atoms with Gasteiger partial charge < -0.3 is 4.74 Å². The fraction of sp³-hybridized carbons (Fsp3) is 0.353. The van der Waals surface area contributed by atoms with E-state index < -0.39 is 19.9 Å². The van der Waals surface area contributed by atoms with Gasteiger partial charge in [0.05, 0.1) is 22.5 Å². The number of sulfonamides is 1. The first-order chi connectivity index (χ1) is 12.2. The van der Waals surface area contributed by atoms with Crippen LogP contribution in [-0.2, 0) is 19.9 Å². The molecule has 0 bridgehead atoms. The van der Waals surface area contributed by atoms with E-state index in [4.69, 9.17) is 4.74 Å². The van der Waals surface area contributed by atoms with E-state index >= 15 is 0 Å². The highest BCUT2D eigenvalue weighted by atomic mass is 32.2. The molecule has 1 fully saturated rings. The average Bonchev–Trinajstić information content (AvgIpc) is 3.04. The molecule has 7 nitrogen and oxygen atoms in total. The lowest BCUT2D eigenvalue weighted by Gasteiger charge is -2.19. The molecule has 9 heteroatoms. The van der Waals surface area contributed by atoms with Gasteiger partial charge in [-0.2, -0.15) is 4.31 Å². The number of sulfone groups is 1. The van der Waals surface area contributed by atoms with Gasteiger partial charge in [0.1, 0.15) is 11.9 Å². The van der Waals surface area contributed by atoms with Crippen molar-refractivity contribution in [3.8, 4) is 5.75 Å². The number of aromatic nitrogens is 1. The van der Waals surface area contributed by atoms with Crippen molar-refractivity contribution in [2.45, 2.75) is 29.2 Å². The Hall–Kier alpha value is -1.97. The molecule has 1 aromatic heterocycles. The second-order valence-electron chi connectivity index (χ2n) is 6.28. The number of nitrogens with zero attached hydrogens (tertiary/aromatic N) is 2. The largest absolute Gasteiger partial charge is 0.487 e. The maximum Gasteiger partial charge on any atom is 0.243 e. The number of benzene rings is 1. The highest BCUT2D eigenvalue weighted by Gasteiger charge is 2.35. The second kappa shape index (κ2) is 6.98. The Balaban J connectivity index is 1.83. The molecule has 0 aliphatic carbocycles. The summed E-state index contributed by atoms with van der Waals surface area (Å²) in [4.78, 5) is 3.98. The molecule has 2 aromatic rings. The second-order valence-corrected chi connectivity index (χ2v) is 10.2. The molecule has 1 saturated heterocycles. The molecule has 1 aromatic carbocycles. The van der Waals surface area contributed by atoms with Crippen molar-refractivity contribution in [1.29, 1.82) is 0 Å².